The molecule has 0 unspecified atom stereocenters. The number of rotatable bonds is 6. The maximum Gasteiger partial charge on any atom is 0.347 e. The zero-order chi connectivity index (χ0) is 11.3. The number of esters is 2. The van der Waals surface area contributed by atoms with Crippen molar-refractivity contribution in [2.75, 3.05) is 13.2 Å². The Morgan fingerprint density at radius 2 is 1.60 bits per heavy atom. The van der Waals surface area contributed by atoms with Crippen LogP contribution >= 0.6 is 0 Å². The number of ether oxygens (including phenoxy) is 3. The van der Waals surface area contributed by atoms with Gasteiger partial charge in [-0.15, -0.1) is 0 Å². The molecule has 0 aromatic carbocycles. The van der Waals surface area contributed by atoms with E-state index in [2.05, 4.69) is 0 Å². The lowest BCUT2D eigenvalue weighted by Gasteiger charge is -2.14. The Bertz CT molecular complexity index is 216. The first-order chi connectivity index (χ1) is 7.19. The molecule has 0 aromatic heterocycles. The lowest BCUT2D eigenvalue weighted by Crippen LogP contribution is -2.36. The van der Waals surface area contributed by atoms with E-state index in [1.807, 2.05) is 0 Å². The van der Waals surface area contributed by atoms with E-state index in [0.717, 1.165) is 12.8 Å². The smallest absolute Gasteiger partial charge is 0.347 e. The van der Waals surface area contributed by atoms with Gasteiger partial charge < -0.3 is 14.2 Å². The van der Waals surface area contributed by atoms with Gasteiger partial charge in [0.1, 0.15) is 0 Å². The highest BCUT2D eigenvalue weighted by atomic mass is 16.6. The molecule has 1 fully saturated rings. The van der Waals surface area contributed by atoms with Gasteiger partial charge in [0, 0.05) is 0 Å². The van der Waals surface area contributed by atoms with E-state index in [-0.39, 0.29) is 19.3 Å². The van der Waals surface area contributed by atoms with E-state index < -0.39 is 18.0 Å². The van der Waals surface area contributed by atoms with E-state index in [4.69, 9.17) is 14.2 Å². The third-order valence-electron chi connectivity index (χ3n) is 1.85. The van der Waals surface area contributed by atoms with Crippen LogP contribution in [0.25, 0.3) is 0 Å². The van der Waals surface area contributed by atoms with Crippen molar-refractivity contribution in [3.05, 3.63) is 0 Å². The van der Waals surface area contributed by atoms with Crippen LogP contribution in [0.15, 0.2) is 0 Å². The fraction of sp³-hybridized carbons (Fsp3) is 0.800. The number of hydrogen-bond acceptors (Lipinski definition) is 5. The Morgan fingerprint density at radius 1 is 1.13 bits per heavy atom. The van der Waals surface area contributed by atoms with Crippen molar-refractivity contribution in [3.8, 4) is 0 Å². The van der Waals surface area contributed by atoms with Crippen LogP contribution in [0.3, 0.4) is 0 Å². The molecule has 0 heterocycles. The molecular weight excluding hydrogens is 200 g/mol. The van der Waals surface area contributed by atoms with Gasteiger partial charge in [0.15, 0.2) is 0 Å². The maximum atomic E-state index is 11.4. The van der Waals surface area contributed by atoms with E-state index in [1.165, 1.54) is 0 Å². The Balaban J connectivity index is 2.49. The molecule has 0 bridgehead atoms. The van der Waals surface area contributed by atoms with Crippen molar-refractivity contribution >= 4 is 11.9 Å². The van der Waals surface area contributed by atoms with E-state index >= 15 is 0 Å². The average molecular weight is 216 g/mol. The van der Waals surface area contributed by atoms with E-state index in [9.17, 15) is 9.59 Å². The number of carbonyl (C=O) groups is 2. The van der Waals surface area contributed by atoms with Crippen molar-refractivity contribution in [3.63, 3.8) is 0 Å². The molecule has 1 aliphatic carbocycles. The highest BCUT2D eigenvalue weighted by molar-refractivity contribution is 5.98. The second-order valence-electron chi connectivity index (χ2n) is 3.22. The van der Waals surface area contributed by atoms with Gasteiger partial charge in [0.2, 0.25) is 0 Å². The van der Waals surface area contributed by atoms with Crippen LogP contribution < -0.4 is 0 Å². The van der Waals surface area contributed by atoms with Crippen LogP contribution in [-0.2, 0) is 23.8 Å². The summed E-state index contributed by atoms with van der Waals surface area (Å²) < 4.78 is 14.7. The predicted molar refractivity (Wildman–Crippen MR) is 51.2 cm³/mol. The topological polar surface area (TPSA) is 61.8 Å². The molecule has 0 spiro atoms. The first-order valence-corrected chi connectivity index (χ1v) is 5.17. The quantitative estimate of drug-likeness (QED) is 0.482. The molecule has 0 saturated heterocycles. The van der Waals surface area contributed by atoms with Crippen LogP contribution in [0.5, 0.6) is 0 Å². The van der Waals surface area contributed by atoms with Gasteiger partial charge in [0.25, 0.3) is 6.10 Å². The van der Waals surface area contributed by atoms with Crippen LogP contribution in [-0.4, -0.2) is 37.4 Å². The summed E-state index contributed by atoms with van der Waals surface area (Å²) >= 11 is 0. The molecule has 0 aliphatic heterocycles. The lowest BCUT2D eigenvalue weighted by atomic mass is 10.3. The van der Waals surface area contributed by atoms with Crippen molar-refractivity contribution < 1.29 is 23.8 Å². The van der Waals surface area contributed by atoms with Crippen LogP contribution in [0.2, 0.25) is 0 Å². The zero-order valence-corrected chi connectivity index (χ0v) is 9.02. The van der Waals surface area contributed by atoms with Crippen molar-refractivity contribution in [2.45, 2.75) is 38.9 Å². The average Bonchev–Trinajstić information content (AvgIpc) is 2.98. The summed E-state index contributed by atoms with van der Waals surface area (Å²) in [4.78, 5) is 22.7. The molecule has 0 radical (unpaired) electrons. The van der Waals surface area contributed by atoms with E-state index in [0.29, 0.717) is 0 Å². The summed E-state index contributed by atoms with van der Waals surface area (Å²) in [6.07, 6.45) is 0.561. The summed E-state index contributed by atoms with van der Waals surface area (Å²) in [5.74, 6) is -1.33. The fourth-order valence-corrected chi connectivity index (χ4v) is 1.04. The van der Waals surface area contributed by atoms with Gasteiger partial charge >= 0.3 is 11.9 Å². The monoisotopic (exact) mass is 216 g/mol. The summed E-state index contributed by atoms with van der Waals surface area (Å²) in [5.41, 5.74) is 0. The maximum absolute atomic E-state index is 11.4. The minimum Gasteiger partial charge on any atom is -0.464 e. The second kappa shape index (κ2) is 5.70. The van der Waals surface area contributed by atoms with Crippen molar-refractivity contribution in [1.82, 2.24) is 0 Å². The van der Waals surface area contributed by atoms with Gasteiger partial charge in [-0.25, -0.2) is 9.59 Å². The Morgan fingerprint density at radius 3 is 1.93 bits per heavy atom. The van der Waals surface area contributed by atoms with Crippen LogP contribution in [0.1, 0.15) is 26.7 Å². The highest BCUT2D eigenvalue weighted by Crippen LogP contribution is 2.25. The minimum absolute atomic E-state index is 0.00353. The summed E-state index contributed by atoms with van der Waals surface area (Å²) in [5, 5.41) is 0. The highest BCUT2D eigenvalue weighted by Gasteiger charge is 2.36. The van der Waals surface area contributed by atoms with Gasteiger partial charge in [-0.3, -0.25) is 0 Å². The zero-order valence-electron chi connectivity index (χ0n) is 9.02. The van der Waals surface area contributed by atoms with Gasteiger partial charge in [-0.2, -0.15) is 0 Å². The van der Waals surface area contributed by atoms with Gasteiger partial charge in [0.05, 0.1) is 19.3 Å². The standard InChI is InChI=1S/C10H16O5/c1-3-13-9(11)8(10(12)14-4-2)15-7-5-6-7/h7-8H,3-6H2,1-2H3. The molecule has 1 rings (SSSR count). The van der Waals surface area contributed by atoms with E-state index in [1.54, 1.807) is 13.8 Å². The molecule has 86 valence electrons. The molecule has 15 heavy (non-hydrogen) atoms. The van der Waals surface area contributed by atoms with Crippen LogP contribution in [0.4, 0.5) is 0 Å². The molecule has 5 nitrogen and oxygen atoms in total. The summed E-state index contributed by atoms with van der Waals surface area (Å²) in [6.45, 7) is 3.81. The predicted octanol–water partition coefficient (Wildman–Crippen LogP) is 0.660. The van der Waals surface area contributed by atoms with Crippen LogP contribution in [0, 0.1) is 0 Å². The molecule has 0 amide bonds. The molecule has 0 atom stereocenters. The molecule has 0 N–H and O–H groups in total. The molecule has 1 aliphatic rings. The summed E-state index contributed by atoms with van der Waals surface area (Å²) in [7, 11) is 0. The molecule has 5 heteroatoms. The van der Waals surface area contributed by atoms with Crippen molar-refractivity contribution in [2.24, 2.45) is 0 Å². The minimum atomic E-state index is -1.21. The van der Waals surface area contributed by atoms with Crippen molar-refractivity contribution in [1.29, 1.82) is 0 Å². The first kappa shape index (κ1) is 12.0. The fourth-order valence-electron chi connectivity index (χ4n) is 1.04. The molecule has 0 aromatic rings. The summed E-state index contributed by atoms with van der Waals surface area (Å²) in [6, 6.07) is 0. The first-order valence-electron chi connectivity index (χ1n) is 5.17. The normalized spacial score (nSPS) is 15.1. The number of hydrogen-bond donors (Lipinski definition) is 0. The number of carbonyl (C=O) groups excluding carboxylic acids is 2. The Hall–Kier alpha value is -1.10. The molecular formula is C10H16O5. The SMILES string of the molecule is CCOC(=O)C(OC1CC1)C(=O)OCC. The largest absolute Gasteiger partial charge is 0.464 e. The Kier molecular flexibility index (Phi) is 4.55. The molecule has 1 saturated carbocycles. The van der Waals surface area contributed by atoms with Gasteiger partial charge in [-0.1, -0.05) is 0 Å². The third-order valence-corrected chi connectivity index (χ3v) is 1.85. The van der Waals surface area contributed by atoms with Gasteiger partial charge in [-0.05, 0) is 26.7 Å². The Labute approximate surface area is 88.7 Å². The lowest BCUT2D eigenvalue weighted by molar-refractivity contribution is -0.174. The second-order valence-corrected chi connectivity index (χ2v) is 3.22. The third kappa shape index (κ3) is 3.87.